The number of aliphatic hydroxyl groups is 1. The molecule has 1 saturated heterocycles. The van der Waals surface area contributed by atoms with Crippen molar-refractivity contribution in [3.05, 3.63) is 48.0 Å². The van der Waals surface area contributed by atoms with Crippen LogP contribution in [-0.2, 0) is 11.2 Å². The molecule has 0 bridgehead atoms. The smallest absolute Gasteiger partial charge is 0.231 e. The molecule has 1 aromatic carbocycles. The number of benzene rings is 1. The van der Waals surface area contributed by atoms with E-state index in [1.165, 1.54) is 17.3 Å². The van der Waals surface area contributed by atoms with Crippen LogP contribution in [-0.4, -0.2) is 44.0 Å². The summed E-state index contributed by atoms with van der Waals surface area (Å²) in [7, 11) is 0. The summed E-state index contributed by atoms with van der Waals surface area (Å²) in [6.45, 7) is 0. The monoisotopic (exact) mass is 369 g/mol. The van der Waals surface area contributed by atoms with Gasteiger partial charge < -0.3 is 5.11 Å². The number of thiocarbonyl (C=S) groups is 1. The van der Waals surface area contributed by atoms with E-state index in [9.17, 15) is 9.90 Å². The Morgan fingerprint density at radius 3 is 2.91 bits per heavy atom. The molecule has 1 amide bonds. The summed E-state index contributed by atoms with van der Waals surface area (Å²) < 4.78 is 0.605. The molecule has 1 N–H and O–H groups in total. The zero-order valence-corrected chi connectivity index (χ0v) is 15.1. The van der Waals surface area contributed by atoms with E-state index in [2.05, 4.69) is 12.1 Å². The number of thioether (sulfide) groups is 1. The van der Waals surface area contributed by atoms with Crippen molar-refractivity contribution < 1.29 is 9.90 Å². The fourth-order valence-corrected chi connectivity index (χ4v) is 4.04. The Bertz CT molecular complexity index is 565. The molecule has 2 rings (SSSR count). The lowest BCUT2D eigenvalue weighted by molar-refractivity contribution is -0.129. The van der Waals surface area contributed by atoms with Crippen molar-refractivity contribution in [3.8, 4) is 0 Å². The molecule has 6 heteroatoms. The van der Waals surface area contributed by atoms with Gasteiger partial charge in [0.25, 0.3) is 0 Å². The number of halogens is 1. The van der Waals surface area contributed by atoms with E-state index >= 15 is 0 Å². The summed E-state index contributed by atoms with van der Waals surface area (Å²) in [5.41, 5.74) is 1.18. The normalized spacial score (nSPS) is 19.5. The summed E-state index contributed by atoms with van der Waals surface area (Å²) in [6, 6.07) is 10.1. The molecule has 1 aliphatic heterocycles. The number of carbonyl (C=O) groups excluding carboxylic acids is 1. The predicted molar refractivity (Wildman–Crippen MR) is 101 cm³/mol. The average molecular weight is 370 g/mol. The van der Waals surface area contributed by atoms with Gasteiger partial charge >= 0.3 is 0 Å². The maximum Gasteiger partial charge on any atom is 0.231 e. The zero-order valence-electron chi connectivity index (χ0n) is 12.7. The van der Waals surface area contributed by atoms with Gasteiger partial charge in [0.05, 0.1) is 18.6 Å². The maximum atomic E-state index is 12.5. The molecule has 23 heavy (non-hydrogen) atoms. The molecule has 0 aliphatic carbocycles. The largest absolute Gasteiger partial charge is 0.389 e. The topological polar surface area (TPSA) is 40.5 Å². The van der Waals surface area contributed by atoms with E-state index in [4.69, 9.17) is 23.8 Å². The first-order chi connectivity index (χ1) is 11.1. The van der Waals surface area contributed by atoms with Gasteiger partial charge in [-0.15, -0.1) is 11.6 Å². The first kappa shape index (κ1) is 18.5. The van der Waals surface area contributed by atoms with Crippen molar-refractivity contribution in [3.63, 3.8) is 0 Å². The SMILES string of the molecule is O=C(C[C@H](O)C=CCCCl)N1C(=S)SC[C@H]1Cc1ccccc1. The number of nitrogens with zero attached hydrogens (tertiary/aromatic N) is 1. The average Bonchev–Trinajstić information content (AvgIpc) is 2.89. The molecule has 124 valence electrons. The third-order valence-electron chi connectivity index (χ3n) is 3.56. The first-order valence-corrected chi connectivity index (χ1v) is 9.48. The van der Waals surface area contributed by atoms with Crippen LogP contribution in [0.25, 0.3) is 0 Å². The number of hydrogen-bond acceptors (Lipinski definition) is 4. The minimum absolute atomic E-state index is 0.0464. The maximum absolute atomic E-state index is 12.5. The highest BCUT2D eigenvalue weighted by Gasteiger charge is 2.34. The second-order valence-corrected chi connectivity index (χ2v) is 7.39. The molecular weight excluding hydrogens is 350 g/mol. The van der Waals surface area contributed by atoms with Gasteiger partial charge in [0.1, 0.15) is 4.32 Å². The van der Waals surface area contributed by atoms with Crippen molar-refractivity contribution in [1.29, 1.82) is 0 Å². The van der Waals surface area contributed by atoms with E-state index in [0.29, 0.717) is 16.6 Å². The highest BCUT2D eigenvalue weighted by Crippen LogP contribution is 2.27. The van der Waals surface area contributed by atoms with Crippen LogP contribution in [0.15, 0.2) is 42.5 Å². The first-order valence-electron chi connectivity index (χ1n) is 7.55. The molecule has 0 unspecified atom stereocenters. The third-order valence-corrected chi connectivity index (χ3v) is 5.33. The fraction of sp³-hybridized carbons (Fsp3) is 0.412. The van der Waals surface area contributed by atoms with Crippen LogP contribution in [0.4, 0.5) is 0 Å². The van der Waals surface area contributed by atoms with E-state index in [1.807, 2.05) is 18.2 Å². The number of alkyl halides is 1. The summed E-state index contributed by atoms with van der Waals surface area (Å²) in [4.78, 5) is 14.2. The molecular formula is C17H20ClNO2S2. The Kier molecular flexibility index (Phi) is 7.56. The molecule has 0 saturated carbocycles. The van der Waals surface area contributed by atoms with Crippen LogP contribution >= 0.6 is 35.6 Å². The van der Waals surface area contributed by atoms with Gasteiger partial charge in [-0.25, -0.2) is 0 Å². The Hall–Kier alpha value is -0.880. The predicted octanol–water partition coefficient (Wildman–Crippen LogP) is 3.39. The van der Waals surface area contributed by atoms with Crippen LogP contribution in [0.1, 0.15) is 18.4 Å². The lowest BCUT2D eigenvalue weighted by atomic mass is 10.1. The van der Waals surface area contributed by atoms with Gasteiger partial charge in [0.15, 0.2) is 0 Å². The number of rotatable bonds is 7. The van der Waals surface area contributed by atoms with Crippen molar-refractivity contribution in [2.75, 3.05) is 11.6 Å². The molecule has 1 aromatic rings. The van der Waals surface area contributed by atoms with Gasteiger partial charge in [0.2, 0.25) is 5.91 Å². The minimum atomic E-state index is -0.795. The summed E-state index contributed by atoms with van der Waals surface area (Å²) in [5.74, 6) is 1.19. The van der Waals surface area contributed by atoms with Gasteiger partial charge in [0, 0.05) is 11.6 Å². The van der Waals surface area contributed by atoms with Crippen molar-refractivity contribution in [2.45, 2.75) is 31.4 Å². The Balaban J connectivity index is 1.97. The second kappa shape index (κ2) is 9.42. The molecule has 0 radical (unpaired) electrons. The van der Waals surface area contributed by atoms with Gasteiger partial charge in [-0.3, -0.25) is 9.69 Å². The Labute approximate surface area is 151 Å². The van der Waals surface area contributed by atoms with Gasteiger partial charge in [-0.2, -0.15) is 0 Å². The van der Waals surface area contributed by atoms with Crippen LogP contribution in [0, 0.1) is 0 Å². The minimum Gasteiger partial charge on any atom is -0.389 e. The third kappa shape index (κ3) is 5.60. The van der Waals surface area contributed by atoms with E-state index in [0.717, 1.165) is 12.2 Å². The second-order valence-electron chi connectivity index (χ2n) is 5.36. The Morgan fingerprint density at radius 2 is 2.22 bits per heavy atom. The number of carbonyl (C=O) groups is 1. The van der Waals surface area contributed by atoms with E-state index in [1.54, 1.807) is 17.1 Å². The Morgan fingerprint density at radius 1 is 1.48 bits per heavy atom. The molecule has 1 aliphatic rings. The zero-order chi connectivity index (χ0) is 16.7. The van der Waals surface area contributed by atoms with Crippen LogP contribution in [0.5, 0.6) is 0 Å². The lowest BCUT2D eigenvalue weighted by Gasteiger charge is -2.24. The number of amides is 1. The van der Waals surface area contributed by atoms with E-state index < -0.39 is 6.10 Å². The number of aliphatic hydroxyl groups excluding tert-OH is 1. The standard InChI is InChI=1S/C17H20ClNO2S2/c18-9-5-4-8-15(20)11-16(21)19-14(12-23-17(19)22)10-13-6-2-1-3-7-13/h1-4,6-8,14-15,20H,5,9-12H2/t14-,15-/m1/s1. The lowest BCUT2D eigenvalue weighted by Crippen LogP contribution is -2.41. The van der Waals surface area contributed by atoms with Crippen molar-refractivity contribution >= 4 is 45.8 Å². The van der Waals surface area contributed by atoms with Crippen LogP contribution in [0.2, 0.25) is 0 Å². The number of hydrogen-bond donors (Lipinski definition) is 1. The molecule has 0 aromatic heterocycles. The highest BCUT2D eigenvalue weighted by molar-refractivity contribution is 8.23. The molecule has 0 spiro atoms. The molecule has 3 nitrogen and oxygen atoms in total. The van der Waals surface area contributed by atoms with Crippen LogP contribution in [0.3, 0.4) is 0 Å². The summed E-state index contributed by atoms with van der Waals surface area (Å²) in [5, 5.41) is 9.94. The molecule has 1 heterocycles. The van der Waals surface area contributed by atoms with Crippen molar-refractivity contribution in [1.82, 2.24) is 4.90 Å². The van der Waals surface area contributed by atoms with Crippen molar-refractivity contribution in [2.24, 2.45) is 0 Å². The number of allylic oxidation sites excluding steroid dienone is 1. The quantitative estimate of drug-likeness (QED) is 0.454. The van der Waals surface area contributed by atoms with E-state index in [-0.39, 0.29) is 18.4 Å². The van der Waals surface area contributed by atoms with Crippen LogP contribution < -0.4 is 0 Å². The fourth-order valence-electron chi connectivity index (χ4n) is 2.46. The van der Waals surface area contributed by atoms with Gasteiger partial charge in [-0.05, 0) is 18.4 Å². The summed E-state index contributed by atoms with van der Waals surface area (Å²) >= 11 is 12.4. The highest BCUT2D eigenvalue weighted by atomic mass is 35.5. The molecule has 1 fully saturated rings. The van der Waals surface area contributed by atoms with Gasteiger partial charge in [-0.1, -0.05) is 66.5 Å². The summed E-state index contributed by atoms with van der Waals surface area (Å²) in [6.07, 6.45) is 4.13. The molecule has 2 atom stereocenters.